The van der Waals surface area contributed by atoms with Crippen molar-refractivity contribution >= 4 is 22.7 Å². The van der Waals surface area contributed by atoms with Crippen LogP contribution in [0.1, 0.15) is 28.6 Å². The maximum absolute atomic E-state index is 4.77. The van der Waals surface area contributed by atoms with Gasteiger partial charge in [0.05, 0.1) is 26.3 Å². The van der Waals surface area contributed by atoms with E-state index in [0.717, 1.165) is 29.4 Å². The SMILES string of the molecule is Cc1nc(C)c(-c2csc(CC3CCCN3)n2)s1. The molecule has 5 heteroatoms. The van der Waals surface area contributed by atoms with E-state index in [2.05, 4.69) is 29.5 Å². The predicted molar refractivity (Wildman–Crippen MR) is 77.4 cm³/mol. The van der Waals surface area contributed by atoms with Crippen LogP contribution in [-0.4, -0.2) is 22.6 Å². The zero-order valence-corrected chi connectivity index (χ0v) is 12.3. The quantitative estimate of drug-likeness (QED) is 0.937. The van der Waals surface area contributed by atoms with Crippen molar-refractivity contribution in [3.8, 4) is 10.6 Å². The molecule has 2 aromatic rings. The molecule has 1 N–H and O–H groups in total. The van der Waals surface area contributed by atoms with Crippen molar-refractivity contribution in [3.63, 3.8) is 0 Å². The van der Waals surface area contributed by atoms with E-state index in [0.29, 0.717) is 6.04 Å². The fourth-order valence-electron chi connectivity index (χ4n) is 2.42. The molecule has 1 saturated heterocycles. The van der Waals surface area contributed by atoms with Crippen LogP contribution < -0.4 is 5.32 Å². The van der Waals surface area contributed by atoms with Gasteiger partial charge in [-0.3, -0.25) is 0 Å². The standard InChI is InChI=1S/C13H17N3S2/c1-8-13(18-9(2)15-8)11-7-17-12(16-11)6-10-4-3-5-14-10/h7,10,14H,3-6H2,1-2H3. The molecule has 0 saturated carbocycles. The molecule has 0 aromatic carbocycles. The summed E-state index contributed by atoms with van der Waals surface area (Å²) in [7, 11) is 0. The van der Waals surface area contributed by atoms with Crippen molar-refractivity contribution in [2.24, 2.45) is 0 Å². The summed E-state index contributed by atoms with van der Waals surface area (Å²) in [5.74, 6) is 0. The molecule has 0 amide bonds. The van der Waals surface area contributed by atoms with Crippen LogP contribution in [0.3, 0.4) is 0 Å². The monoisotopic (exact) mass is 279 g/mol. The maximum atomic E-state index is 4.77. The van der Waals surface area contributed by atoms with Crippen LogP contribution in [0.4, 0.5) is 0 Å². The summed E-state index contributed by atoms with van der Waals surface area (Å²) in [6, 6.07) is 0.633. The average molecular weight is 279 g/mol. The van der Waals surface area contributed by atoms with E-state index in [1.807, 2.05) is 0 Å². The van der Waals surface area contributed by atoms with Crippen molar-refractivity contribution in [3.05, 3.63) is 21.1 Å². The zero-order chi connectivity index (χ0) is 12.5. The minimum absolute atomic E-state index is 0.633. The average Bonchev–Trinajstić information content (AvgIpc) is 3.01. The molecule has 1 unspecified atom stereocenters. The van der Waals surface area contributed by atoms with Gasteiger partial charge in [-0.2, -0.15) is 0 Å². The summed E-state index contributed by atoms with van der Waals surface area (Å²) in [6.45, 7) is 5.28. The van der Waals surface area contributed by atoms with Gasteiger partial charge >= 0.3 is 0 Å². The molecule has 0 bridgehead atoms. The van der Waals surface area contributed by atoms with Gasteiger partial charge in [0.25, 0.3) is 0 Å². The number of aromatic nitrogens is 2. The highest BCUT2D eigenvalue weighted by atomic mass is 32.1. The fourth-order valence-corrected chi connectivity index (χ4v) is 4.24. The lowest BCUT2D eigenvalue weighted by molar-refractivity contribution is 0.601. The largest absolute Gasteiger partial charge is 0.314 e. The highest BCUT2D eigenvalue weighted by Gasteiger charge is 2.17. The molecule has 1 fully saturated rings. The van der Waals surface area contributed by atoms with Crippen molar-refractivity contribution in [1.82, 2.24) is 15.3 Å². The second-order valence-electron chi connectivity index (χ2n) is 4.77. The fraction of sp³-hybridized carbons (Fsp3) is 0.538. The van der Waals surface area contributed by atoms with Gasteiger partial charge in [-0.15, -0.1) is 22.7 Å². The van der Waals surface area contributed by atoms with Crippen LogP contribution in [0.15, 0.2) is 5.38 Å². The van der Waals surface area contributed by atoms with Crippen molar-refractivity contribution < 1.29 is 0 Å². The first-order valence-electron chi connectivity index (χ1n) is 6.34. The summed E-state index contributed by atoms with van der Waals surface area (Å²) >= 11 is 3.52. The van der Waals surface area contributed by atoms with E-state index in [1.165, 1.54) is 22.7 Å². The summed E-state index contributed by atoms with van der Waals surface area (Å²) in [5, 5.41) is 8.06. The molecule has 18 heavy (non-hydrogen) atoms. The molecule has 0 aliphatic carbocycles. The summed E-state index contributed by atoms with van der Waals surface area (Å²) in [4.78, 5) is 10.5. The van der Waals surface area contributed by atoms with Gasteiger partial charge in [0, 0.05) is 17.8 Å². The van der Waals surface area contributed by atoms with E-state index in [1.54, 1.807) is 22.7 Å². The van der Waals surface area contributed by atoms with Gasteiger partial charge in [-0.1, -0.05) is 0 Å². The molecular weight excluding hydrogens is 262 g/mol. The number of aryl methyl sites for hydroxylation is 2. The molecule has 2 aromatic heterocycles. The van der Waals surface area contributed by atoms with Gasteiger partial charge in [0.2, 0.25) is 0 Å². The van der Waals surface area contributed by atoms with E-state index in [9.17, 15) is 0 Å². The van der Waals surface area contributed by atoms with Crippen LogP contribution in [0.25, 0.3) is 10.6 Å². The van der Waals surface area contributed by atoms with Gasteiger partial charge in [-0.25, -0.2) is 9.97 Å². The van der Waals surface area contributed by atoms with Crippen molar-refractivity contribution in [2.45, 2.75) is 39.2 Å². The zero-order valence-electron chi connectivity index (χ0n) is 10.7. The molecule has 0 spiro atoms. The molecular formula is C13H17N3S2. The Balaban J connectivity index is 1.78. The lowest BCUT2D eigenvalue weighted by Gasteiger charge is -2.06. The van der Waals surface area contributed by atoms with Gasteiger partial charge in [0.15, 0.2) is 0 Å². The number of hydrogen-bond acceptors (Lipinski definition) is 5. The molecule has 1 aliphatic rings. The number of rotatable bonds is 3. The summed E-state index contributed by atoms with van der Waals surface area (Å²) in [5.41, 5.74) is 2.21. The summed E-state index contributed by atoms with van der Waals surface area (Å²) in [6.07, 6.45) is 3.66. The third-order valence-corrected chi connectivity index (χ3v) is 5.24. The first-order chi connectivity index (χ1) is 8.72. The Hall–Kier alpha value is -0.780. The number of hydrogen-bond donors (Lipinski definition) is 1. The van der Waals surface area contributed by atoms with Crippen LogP contribution in [0.2, 0.25) is 0 Å². The van der Waals surface area contributed by atoms with E-state index in [4.69, 9.17) is 4.98 Å². The van der Waals surface area contributed by atoms with Crippen LogP contribution >= 0.6 is 22.7 Å². The molecule has 1 aliphatic heterocycles. The second-order valence-corrected chi connectivity index (χ2v) is 6.92. The number of nitrogens with one attached hydrogen (secondary N) is 1. The Morgan fingerprint density at radius 1 is 1.39 bits per heavy atom. The van der Waals surface area contributed by atoms with Gasteiger partial charge in [0.1, 0.15) is 0 Å². The minimum atomic E-state index is 0.633. The van der Waals surface area contributed by atoms with E-state index in [-0.39, 0.29) is 0 Å². The molecule has 3 rings (SSSR count). The Morgan fingerprint density at radius 3 is 2.94 bits per heavy atom. The first kappa shape index (κ1) is 12.3. The van der Waals surface area contributed by atoms with Gasteiger partial charge < -0.3 is 5.32 Å². The van der Waals surface area contributed by atoms with Gasteiger partial charge in [-0.05, 0) is 33.2 Å². The second kappa shape index (κ2) is 5.07. The molecule has 0 radical (unpaired) electrons. The summed E-state index contributed by atoms with van der Waals surface area (Å²) < 4.78 is 0. The van der Waals surface area contributed by atoms with Crippen molar-refractivity contribution in [1.29, 1.82) is 0 Å². The molecule has 1 atom stereocenters. The van der Waals surface area contributed by atoms with Crippen LogP contribution in [0.5, 0.6) is 0 Å². The Labute approximate surface area is 115 Å². The van der Waals surface area contributed by atoms with Crippen molar-refractivity contribution in [2.75, 3.05) is 6.54 Å². The van der Waals surface area contributed by atoms with E-state index < -0.39 is 0 Å². The highest BCUT2D eigenvalue weighted by Crippen LogP contribution is 2.31. The third kappa shape index (κ3) is 2.48. The topological polar surface area (TPSA) is 37.8 Å². The Kier molecular flexibility index (Phi) is 3.46. The predicted octanol–water partition coefficient (Wildman–Crippen LogP) is 3.18. The smallest absolute Gasteiger partial charge is 0.0948 e. The minimum Gasteiger partial charge on any atom is -0.314 e. The third-order valence-electron chi connectivity index (χ3n) is 3.27. The number of nitrogens with zero attached hydrogens (tertiary/aromatic N) is 2. The molecule has 96 valence electrons. The molecule has 3 nitrogen and oxygen atoms in total. The first-order valence-corrected chi connectivity index (χ1v) is 8.04. The molecule has 3 heterocycles. The number of thiazole rings is 2. The Bertz CT molecular complexity index is 538. The lowest BCUT2D eigenvalue weighted by Crippen LogP contribution is -2.23. The van der Waals surface area contributed by atoms with Crippen LogP contribution in [0, 0.1) is 13.8 Å². The maximum Gasteiger partial charge on any atom is 0.0948 e. The lowest BCUT2D eigenvalue weighted by atomic mass is 10.2. The highest BCUT2D eigenvalue weighted by molar-refractivity contribution is 7.15. The van der Waals surface area contributed by atoms with Crippen LogP contribution in [-0.2, 0) is 6.42 Å². The Morgan fingerprint density at radius 2 is 2.28 bits per heavy atom. The van der Waals surface area contributed by atoms with E-state index >= 15 is 0 Å². The normalized spacial score (nSPS) is 19.6.